The normalized spacial score (nSPS) is 23.2. The van der Waals surface area contributed by atoms with Crippen LogP contribution in [0.15, 0.2) is 30.6 Å². The molecule has 6 heteroatoms. The van der Waals surface area contributed by atoms with Gasteiger partial charge < -0.3 is 15.0 Å². The molecule has 2 aliphatic rings. The molecule has 2 atom stereocenters. The minimum absolute atomic E-state index is 0.272. The Kier molecular flexibility index (Phi) is 4.78. The van der Waals surface area contributed by atoms with Crippen molar-refractivity contribution in [2.45, 2.75) is 32.2 Å². The van der Waals surface area contributed by atoms with E-state index in [0.717, 1.165) is 50.2 Å². The number of ether oxygens (including phenoxy) is 1. The number of anilines is 2. The molecule has 0 spiro atoms. The second-order valence-corrected chi connectivity index (χ2v) is 7.00. The standard InChI is InChI=1S/C19H25N5O/c1-14-10-18(23-19(21-14)24-8-2-3-9-24)22-17-13-25-12-16(17)11-15-4-6-20-7-5-15/h4-7,10,16-17H,2-3,8-9,11-13H2,1H3,(H,21,22,23)/t16-,17-/m1/s1. The Morgan fingerprint density at radius 1 is 1.16 bits per heavy atom. The fourth-order valence-corrected chi connectivity index (χ4v) is 3.66. The highest BCUT2D eigenvalue weighted by atomic mass is 16.5. The molecule has 4 rings (SSSR count). The zero-order valence-corrected chi connectivity index (χ0v) is 14.7. The fraction of sp³-hybridized carbons (Fsp3) is 0.526. The lowest BCUT2D eigenvalue weighted by molar-refractivity contribution is 0.185. The van der Waals surface area contributed by atoms with Crippen molar-refractivity contribution < 1.29 is 4.74 Å². The molecule has 25 heavy (non-hydrogen) atoms. The van der Waals surface area contributed by atoms with Gasteiger partial charge in [-0.3, -0.25) is 4.98 Å². The first-order chi connectivity index (χ1) is 12.3. The number of hydrogen-bond acceptors (Lipinski definition) is 6. The average molecular weight is 339 g/mol. The number of nitrogens with one attached hydrogen (secondary N) is 1. The molecule has 0 amide bonds. The van der Waals surface area contributed by atoms with Crippen molar-refractivity contribution in [2.24, 2.45) is 5.92 Å². The summed E-state index contributed by atoms with van der Waals surface area (Å²) in [5, 5.41) is 3.60. The largest absolute Gasteiger partial charge is 0.379 e. The molecule has 0 unspecified atom stereocenters. The van der Waals surface area contributed by atoms with Crippen molar-refractivity contribution in [3.8, 4) is 0 Å². The van der Waals surface area contributed by atoms with Gasteiger partial charge in [-0.2, -0.15) is 4.98 Å². The van der Waals surface area contributed by atoms with E-state index in [-0.39, 0.29) is 6.04 Å². The lowest BCUT2D eigenvalue weighted by Gasteiger charge is -2.21. The average Bonchev–Trinajstić information content (AvgIpc) is 3.28. The predicted molar refractivity (Wildman–Crippen MR) is 97.9 cm³/mol. The minimum Gasteiger partial charge on any atom is -0.379 e. The van der Waals surface area contributed by atoms with Gasteiger partial charge in [0.1, 0.15) is 5.82 Å². The van der Waals surface area contributed by atoms with E-state index in [2.05, 4.69) is 32.3 Å². The van der Waals surface area contributed by atoms with E-state index in [4.69, 9.17) is 9.72 Å². The molecule has 0 bridgehead atoms. The minimum atomic E-state index is 0.272. The molecule has 1 N–H and O–H groups in total. The van der Waals surface area contributed by atoms with Gasteiger partial charge in [0, 0.05) is 43.2 Å². The Hall–Kier alpha value is -2.21. The maximum atomic E-state index is 5.74. The van der Waals surface area contributed by atoms with Crippen molar-refractivity contribution in [2.75, 3.05) is 36.5 Å². The third-order valence-corrected chi connectivity index (χ3v) is 5.01. The number of hydrogen-bond donors (Lipinski definition) is 1. The molecule has 6 nitrogen and oxygen atoms in total. The quantitative estimate of drug-likeness (QED) is 0.903. The van der Waals surface area contributed by atoms with Crippen LogP contribution in [0.4, 0.5) is 11.8 Å². The maximum absolute atomic E-state index is 5.74. The molecule has 2 aromatic heterocycles. The monoisotopic (exact) mass is 339 g/mol. The third kappa shape index (κ3) is 3.90. The summed E-state index contributed by atoms with van der Waals surface area (Å²) in [6.45, 7) is 5.65. The first kappa shape index (κ1) is 16.3. The van der Waals surface area contributed by atoms with Crippen LogP contribution < -0.4 is 10.2 Å². The molecule has 0 saturated carbocycles. The van der Waals surface area contributed by atoms with Gasteiger partial charge in [-0.25, -0.2) is 4.98 Å². The van der Waals surface area contributed by atoms with E-state index in [0.29, 0.717) is 5.92 Å². The number of pyridine rings is 1. The lowest BCUT2D eigenvalue weighted by Crippen LogP contribution is -2.30. The summed E-state index contributed by atoms with van der Waals surface area (Å²) in [6.07, 6.45) is 7.14. The zero-order chi connectivity index (χ0) is 17.1. The Morgan fingerprint density at radius 3 is 2.76 bits per heavy atom. The van der Waals surface area contributed by atoms with E-state index in [1.165, 1.54) is 18.4 Å². The van der Waals surface area contributed by atoms with Crippen molar-refractivity contribution in [3.63, 3.8) is 0 Å². The number of rotatable bonds is 5. The van der Waals surface area contributed by atoms with Gasteiger partial charge in [0.05, 0.1) is 19.3 Å². The number of nitrogens with zero attached hydrogens (tertiary/aromatic N) is 4. The third-order valence-electron chi connectivity index (χ3n) is 5.01. The van der Waals surface area contributed by atoms with Gasteiger partial charge in [0.15, 0.2) is 0 Å². The van der Waals surface area contributed by atoms with E-state index in [9.17, 15) is 0 Å². The molecule has 2 fully saturated rings. The SMILES string of the molecule is Cc1cc(N[C@@H]2COC[C@H]2Cc2ccncc2)nc(N2CCCC2)n1. The van der Waals surface area contributed by atoms with Gasteiger partial charge in [0.25, 0.3) is 0 Å². The highest BCUT2D eigenvalue weighted by molar-refractivity contribution is 5.45. The van der Waals surface area contributed by atoms with Gasteiger partial charge in [-0.05, 0) is 43.9 Å². The van der Waals surface area contributed by atoms with Gasteiger partial charge in [0.2, 0.25) is 5.95 Å². The van der Waals surface area contributed by atoms with E-state index < -0.39 is 0 Å². The maximum Gasteiger partial charge on any atom is 0.227 e. The van der Waals surface area contributed by atoms with Crippen LogP contribution in [0.1, 0.15) is 24.1 Å². The Bertz CT molecular complexity index is 702. The first-order valence-corrected chi connectivity index (χ1v) is 9.12. The number of aromatic nitrogens is 3. The van der Waals surface area contributed by atoms with Crippen molar-refractivity contribution in [1.29, 1.82) is 0 Å². The lowest BCUT2D eigenvalue weighted by atomic mass is 9.95. The van der Waals surface area contributed by atoms with Crippen LogP contribution >= 0.6 is 0 Å². The Labute approximate surface area is 148 Å². The molecule has 2 aliphatic heterocycles. The summed E-state index contributed by atoms with van der Waals surface area (Å²) in [6, 6.07) is 6.46. The molecule has 2 aromatic rings. The summed E-state index contributed by atoms with van der Waals surface area (Å²) in [5.74, 6) is 2.20. The van der Waals surface area contributed by atoms with Crippen molar-refractivity contribution in [1.82, 2.24) is 15.0 Å². The van der Waals surface area contributed by atoms with Gasteiger partial charge in [-0.1, -0.05) is 0 Å². The molecular formula is C19H25N5O. The highest BCUT2D eigenvalue weighted by Crippen LogP contribution is 2.24. The predicted octanol–water partition coefficient (Wildman–Crippen LogP) is 2.45. The van der Waals surface area contributed by atoms with Crippen LogP contribution in [0.5, 0.6) is 0 Å². The fourth-order valence-electron chi connectivity index (χ4n) is 3.66. The van der Waals surface area contributed by atoms with E-state index >= 15 is 0 Å². The van der Waals surface area contributed by atoms with Crippen LogP contribution in [0.3, 0.4) is 0 Å². The zero-order valence-electron chi connectivity index (χ0n) is 14.7. The Morgan fingerprint density at radius 2 is 1.96 bits per heavy atom. The molecule has 132 valence electrons. The van der Waals surface area contributed by atoms with Crippen LogP contribution in [0.25, 0.3) is 0 Å². The summed E-state index contributed by atoms with van der Waals surface area (Å²) in [7, 11) is 0. The van der Waals surface area contributed by atoms with Crippen LogP contribution in [0, 0.1) is 12.8 Å². The molecule has 2 saturated heterocycles. The summed E-state index contributed by atoms with van der Waals surface area (Å²) in [4.78, 5) is 15.7. The summed E-state index contributed by atoms with van der Waals surface area (Å²) in [5.41, 5.74) is 2.30. The van der Waals surface area contributed by atoms with E-state index in [1.807, 2.05) is 25.4 Å². The van der Waals surface area contributed by atoms with E-state index in [1.54, 1.807) is 0 Å². The van der Waals surface area contributed by atoms with Crippen molar-refractivity contribution >= 4 is 11.8 Å². The van der Waals surface area contributed by atoms with Crippen LogP contribution in [-0.4, -0.2) is 47.3 Å². The highest BCUT2D eigenvalue weighted by Gasteiger charge is 2.29. The molecular weight excluding hydrogens is 314 g/mol. The summed E-state index contributed by atoms with van der Waals surface area (Å²) >= 11 is 0. The van der Waals surface area contributed by atoms with Crippen LogP contribution in [0.2, 0.25) is 0 Å². The second-order valence-electron chi connectivity index (χ2n) is 7.00. The summed E-state index contributed by atoms with van der Waals surface area (Å²) < 4.78 is 5.74. The topological polar surface area (TPSA) is 63.2 Å². The van der Waals surface area contributed by atoms with Gasteiger partial charge >= 0.3 is 0 Å². The van der Waals surface area contributed by atoms with Crippen molar-refractivity contribution in [3.05, 3.63) is 41.9 Å². The van der Waals surface area contributed by atoms with Gasteiger partial charge in [-0.15, -0.1) is 0 Å². The first-order valence-electron chi connectivity index (χ1n) is 9.12. The molecule has 0 radical (unpaired) electrons. The molecule has 4 heterocycles. The molecule has 0 aliphatic carbocycles. The molecule has 0 aromatic carbocycles. The Balaban J connectivity index is 1.47. The second kappa shape index (κ2) is 7.35. The number of aryl methyl sites for hydroxylation is 1. The van der Waals surface area contributed by atoms with Crippen LogP contribution in [-0.2, 0) is 11.2 Å². The smallest absolute Gasteiger partial charge is 0.227 e.